The topological polar surface area (TPSA) is 32.5 Å². The molecular weight excluding hydrogens is 321 g/mol. The number of nitrogens with zero attached hydrogens (tertiary/aromatic N) is 2. The molecule has 5 heteroatoms. The SMILES string of the molecule is CCC1CN(C(CN)c2ccc(F)cc2Br)CCN1C. The van der Waals surface area contributed by atoms with Crippen LogP contribution in [-0.4, -0.2) is 49.1 Å². The van der Waals surface area contributed by atoms with E-state index in [0.29, 0.717) is 12.6 Å². The lowest BCUT2D eigenvalue weighted by Gasteiger charge is -2.43. The fourth-order valence-electron chi connectivity index (χ4n) is 2.94. The molecule has 1 aromatic rings. The lowest BCUT2D eigenvalue weighted by Crippen LogP contribution is -2.53. The van der Waals surface area contributed by atoms with Crippen molar-refractivity contribution in [3.8, 4) is 0 Å². The van der Waals surface area contributed by atoms with E-state index in [2.05, 4.69) is 39.7 Å². The standard InChI is InChI=1S/C15H23BrFN3/c1-3-12-10-20(7-6-19(12)2)15(9-18)13-5-4-11(17)8-14(13)16/h4-5,8,12,15H,3,6-7,9-10,18H2,1-2H3. The highest BCUT2D eigenvalue weighted by atomic mass is 79.9. The summed E-state index contributed by atoms with van der Waals surface area (Å²) >= 11 is 3.47. The van der Waals surface area contributed by atoms with Gasteiger partial charge >= 0.3 is 0 Å². The van der Waals surface area contributed by atoms with Crippen LogP contribution in [0.3, 0.4) is 0 Å². The van der Waals surface area contributed by atoms with E-state index in [0.717, 1.165) is 36.1 Å². The molecule has 2 N–H and O–H groups in total. The molecule has 1 fully saturated rings. The Morgan fingerprint density at radius 3 is 2.80 bits per heavy atom. The van der Waals surface area contributed by atoms with Gasteiger partial charge in [0.1, 0.15) is 5.82 Å². The quantitative estimate of drug-likeness (QED) is 0.911. The van der Waals surface area contributed by atoms with Gasteiger partial charge in [-0.25, -0.2) is 4.39 Å². The third-order valence-electron chi connectivity index (χ3n) is 4.27. The van der Waals surface area contributed by atoms with Crippen molar-refractivity contribution in [1.29, 1.82) is 0 Å². The van der Waals surface area contributed by atoms with Gasteiger partial charge in [-0.15, -0.1) is 0 Å². The van der Waals surface area contributed by atoms with E-state index in [1.807, 2.05) is 6.07 Å². The fourth-order valence-corrected chi connectivity index (χ4v) is 3.55. The van der Waals surface area contributed by atoms with Gasteiger partial charge in [-0.3, -0.25) is 4.90 Å². The summed E-state index contributed by atoms with van der Waals surface area (Å²) in [6.45, 7) is 5.82. The van der Waals surface area contributed by atoms with Crippen LogP contribution < -0.4 is 5.73 Å². The van der Waals surface area contributed by atoms with Gasteiger partial charge in [-0.1, -0.05) is 28.9 Å². The maximum Gasteiger partial charge on any atom is 0.124 e. The summed E-state index contributed by atoms with van der Waals surface area (Å²) in [5.74, 6) is -0.221. The smallest absolute Gasteiger partial charge is 0.124 e. The highest BCUT2D eigenvalue weighted by Gasteiger charge is 2.29. The maximum absolute atomic E-state index is 13.2. The number of piperazine rings is 1. The highest BCUT2D eigenvalue weighted by molar-refractivity contribution is 9.10. The number of halogens is 2. The average Bonchev–Trinajstić information content (AvgIpc) is 2.43. The van der Waals surface area contributed by atoms with Crippen LogP contribution >= 0.6 is 15.9 Å². The molecule has 0 radical (unpaired) electrons. The molecule has 1 heterocycles. The van der Waals surface area contributed by atoms with Gasteiger partial charge in [0, 0.05) is 42.7 Å². The van der Waals surface area contributed by atoms with Gasteiger partial charge in [-0.05, 0) is 31.2 Å². The Labute approximate surface area is 129 Å². The number of rotatable bonds is 4. The first kappa shape index (κ1) is 15.9. The van der Waals surface area contributed by atoms with E-state index in [1.165, 1.54) is 12.1 Å². The molecule has 1 aliphatic heterocycles. The Hall–Kier alpha value is -0.490. The van der Waals surface area contributed by atoms with Crippen LogP contribution in [0.15, 0.2) is 22.7 Å². The first-order valence-corrected chi connectivity index (χ1v) is 7.95. The van der Waals surface area contributed by atoms with E-state index in [4.69, 9.17) is 5.73 Å². The van der Waals surface area contributed by atoms with Crippen molar-refractivity contribution in [3.63, 3.8) is 0 Å². The summed E-state index contributed by atoms with van der Waals surface area (Å²) in [7, 11) is 2.18. The van der Waals surface area contributed by atoms with Crippen molar-refractivity contribution in [1.82, 2.24) is 9.80 Å². The normalized spacial score (nSPS) is 22.9. The summed E-state index contributed by atoms with van der Waals surface area (Å²) in [5.41, 5.74) is 7.07. The van der Waals surface area contributed by atoms with Crippen molar-refractivity contribution in [2.75, 3.05) is 33.2 Å². The van der Waals surface area contributed by atoms with Gasteiger partial charge in [0.05, 0.1) is 0 Å². The molecule has 3 nitrogen and oxygen atoms in total. The molecule has 2 rings (SSSR count). The third-order valence-corrected chi connectivity index (χ3v) is 4.95. The average molecular weight is 344 g/mol. The summed E-state index contributed by atoms with van der Waals surface area (Å²) in [6.07, 6.45) is 1.13. The Kier molecular flexibility index (Phi) is 5.55. The van der Waals surface area contributed by atoms with Gasteiger partial charge in [-0.2, -0.15) is 0 Å². The second-order valence-electron chi connectivity index (χ2n) is 5.45. The van der Waals surface area contributed by atoms with Crippen molar-refractivity contribution >= 4 is 15.9 Å². The second kappa shape index (κ2) is 6.98. The zero-order chi connectivity index (χ0) is 14.7. The van der Waals surface area contributed by atoms with E-state index in [9.17, 15) is 4.39 Å². The molecule has 2 unspecified atom stereocenters. The molecule has 1 aromatic carbocycles. The van der Waals surface area contributed by atoms with E-state index < -0.39 is 0 Å². The molecule has 0 aliphatic carbocycles. The van der Waals surface area contributed by atoms with E-state index in [-0.39, 0.29) is 11.9 Å². The lowest BCUT2D eigenvalue weighted by atomic mass is 10.0. The van der Waals surface area contributed by atoms with E-state index in [1.54, 1.807) is 0 Å². The van der Waals surface area contributed by atoms with Gasteiger partial charge in [0.2, 0.25) is 0 Å². The molecule has 0 saturated carbocycles. The molecule has 0 bridgehead atoms. The number of hydrogen-bond donors (Lipinski definition) is 1. The number of likely N-dealkylation sites (N-methyl/N-ethyl adjacent to an activating group) is 1. The monoisotopic (exact) mass is 343 g/mol. The minimum atomic E-state index is -0.221. The van der Waals surface area contributed by atoms with Crippen molar-refractivity contribution < 1.29 is 4.39 Å². The highest BCUT2D eigenvalue weighted by Crippen LogP contribution is 2.29. The molecule has 20 heavy (non-hydrogen) atoms. The van der Waals surface area contributed by atoms with Crippen molar-refractivity contribution in [2.24, 2.45) is 5.73 Å². The lowest BCUT2D eigenvalue weighted by molar-refractivity contribution is 0.0641. The molecule has 0 spiro atoms. The molecule has 1 aliphatic rings. The van der Waals surface area contributed by atoms with Gasteiger partial charge < -0.3 is 10.6 Å². The summed E-state index contributed by atoms with van der Waals surface area (Å²) in [6, 6.07) is 5.59. The first-order chi connectivity index (χ1) is 9.56. The molecule has 0 amide bonds. The van der Waals surface area contributed by atoms with E-state index >= 15 is 0 Å². The van der Waals surface area contributed by atoms with Crippen LogP contribution in [0.2, 0.25) is 0 Å². The van der Waals surface area contributed by atoms with Crippen molar-refractivity contribution in [3.05, 3.63) is 34.1 Å². The summed E-state index contributed by atoms with van der Waals surface area (Å²) < 4.78 is 14.0. The first-order valence-electron chi connectivity index (χ1n) is 7.16. The fraction of sp³-hybridized carbons (Fsp3) is 0.600. The maximum atomic E-state index is 13.2. The van der Waals surface area contributed by atoms with Gasteiger partial charge in [0.15, 0.2) is 0 Å². The predicted molar refractivity (Wildman–Crippen MR) is 84.2 cm³/mol. The second-order valence-corrected chi connectivity index (χ2v) is 6.31. The zero-order valence-electron chi connectivity index (χ0n) is 12.1. The van der Waals surface area contributed by atoms with Crippen molar-refractivity contribution in [2.45, 2.75) is 25.4 Å². The zero-order valence-corrected chi connectivity index (χ0v) is 13.7. The van der Waals surface area contributed by atoms with Crippen LogP contribution in [-0.2, 0) is 0 Å². The largest absolute Gasteiger partial charge is 0.329 e. The molecular formula is C15H23BrFN3. The number of benzene rings is 1. The van der Waals surface area contributed by atoms with Gasteiger partial charge in [0.25, 0.3) is 0 Å². The predicted octanol–water partition coefficient (Wildman–Crippen LogP) is 2.61. The summed E-state index contributed by atoms with van der Waals surface area (Å²) in [4.78, 5) is 4.83. The van der Waals surface area contributed by atoms with Crippen LogP contribution in [0.5, 0.6) is 0 Å². The Morgan fingerprint density at radius 1 is 1.45 bits per heavy atom. The van der Waals surface area contributed by atoms with Crippen LogP contribution in [0, 0.1) is 5.82 Å². The molecule has 2 atom stereocenters. The molecule has 0 aromatic heterocycles. The minimum Gasteiger partial charge on any atom is -0.329 e. The minimum absolute atomic E-state index is 0.146. The molecule has 1 saturated heterocycles. The molecule has 112 valence electrons. The Morgan fingerprint density at radius 2 is 2.20 bits per heavy atom. The third kappa shape index (κ3) is 3.39. The Balaban J connectivity index is 2.19. The van der Waals surface area contributed by atoms with Crippen LogP contribution in [0.4, 0.5) is 4.39 Å². The Bertz CT molecular complexity index is 455. The number of nitrogens with two attached hydrogens (primary N) is 1. The summed E-state index contributed by atoms with van der Waals surface area (Å²) in [5, 5.41) is 0. The van der Waals surface area contributed by atoms with Crippen LogP contribution in [0.1, 0.15) is 24.9 Å². The van der Waals surface area contributed by atoms with Crippen LogP contribution in [0.25, 0.3) is 0 Å². The number of hydrogen-bond acceptors (Lipinski definition) is 3.